The van der Waals surface area contributed by atoms with Gasteiger partial charge < -0.3 is 9.80 Å². The largest absolute Gasteiger partial charge is 0.334 e. The predicted octanol–water partition coefficient (Wildman–Crippen LogP) is 2.25. The molecule has 4 heterocycles. The highest BCUT2D eigenvalue weighted by Gasteiger charge is 2.37. The van der Waals surface area contributed by atoms with Crippen LogP contribution in [0.1, 0.15) is 47.3 Å². The molecule has 3 amide bonds. The molecule has 2 aromatic rings. The van der Waals surface area contributed by atoms with E-state index >= 15 is 0 Å². The van der Waals surface area contributed by atoms with Crippen molar-refractivity contribution in [1.82, 2.24) is 24.8 Å². The van der Waals surface area contributed by atoms with E-state index in [1.165, 1.54) is 12.8 Å². The number of amides is 3. The summed E-state index contributed by atoms with van der Waals surface area (Å²) < 4.78 is 0. The molecule has 2 aromatic heterocycles. The van der Waals surface area contributed by atoms with Crippen molar-refractivity contribution in [3.05, 3.63) is 47.5 Å². The molecule has 1 aliphatic carbocycles. The lowest BCUT2D eigenvalue weighted by Gasteiger charge is -2.29. The van der Waals surface area contributed by atoms with Crippen LogP contribution < -0.4 is 4.90 Å². The standard InChI is InChI=1S/C21H24N6O2/c28-19(15-4-3-8-22-12-15)25-9-7-18-16(14-25)13-23-20(24-18)27-11-10-26(21(27)29)17-5-1-2-6-17/h3-4,8,12-13,17H,1-2,5-7,9-11,14H2. The van der Waals surface area contributed by atoms with Gasteiger partial charge in [-0.2, -0.15) is 0 Å². The topological polar surface area (TPSA) is 82.5 Å². The van der Waals surface area contributed by atoms with Crippen LogP contribution in [-0.2, 0) is 13.0 Å². The van der Waals surface area contributed by atoms with Gasteiger partial charge >= 0.3 is 6.03 Å². The Bertz CT molecular complexity index is 928. The van der Waals surface area contributed by atoms with Crippen molar-refractivity contribution in [2.45, 2.75) is 44.7 Å². The smallest absolute Gasteiger partial charge is 0.327 e. The zero-order chi connectivity index (χ0) is 19.8. The van der Waals surface area contributed by atoms with E-state index in [4.69, 9.17) is 4.98 Å². The lowest BCUT2D eigenvalue weighted by atomic mass is 10.1. The molecule has 29 heavy (non-hydrogen) atoms. The third-order valence-electron chi connectivity index (χ3n) is 6.16. The molecule has 5 rings (SSSR count). The van der Waals surface area contributed by atoms with E-state index in [-0.39, 0.29) is 11.9 Å². The molecule has 1 saturated carbocycles. The molecule has 2 aliphatic heterocycles. The number of rotatable bonds is 3. The van der Waals surface area contributed by atoms with Crippen LogP contribution in [0, 0.1) is 0 Å². The Morgan fingerprint density at radius 1 is 1.10 bits per heavy atom. The average Bonchev–Trinajstić information content (AvgIpc) is 3.43. The third-order valence-corrected chi connectivity index (χ3v) is 6.16. The molecule has 8 heteroatoms. The summed E-state index contributed by atoms with van der Waals surface area (Å²) in [7, 11) is 0. The Morgan fingerprint density at radius 2 is 1.97 bits per heavy atom. The molecular formula is C21H24N6O2. The van der Waals surface area contributed by atoms with E-state index in [1.807, 2.05) is 4.90 Å². The molecule has 0 atom stereocenters. The van der Waals surface area contributed by atoms with Crippen molar-refractivity contribution in [3.63, 3.8) is 0 Å². The van der Waals surface area contributed by atoms with Gasteiger partial charge in [-0.1, -0.05) is 12.8 Å². The molecule has 0 radical (unpaired) electrons. The van der Waals surface area contributed by atoms with Crippen molar-refractivity contribution in [3.8, 4) is 0 Å². The first-order chi connectivity index (χ1) is 14.2. The summed E-state index contributed by atoms with van der Waals surface area (Å²) in [6, 6.07) is 3.94. The number of carbonyl (C=O) groups excluding carboxylic acids is 2. The van der Waals surface area contributed by atoms with Crippen molar-refractivity contribution in [2.24, 2.45) is 0 Å². The zero-order valence-corrected chi connectivity index (χ0v) is 16.3. The third kappa shape index (κ3) is 3.32. The lowest BCUT2D eigenvalue weighted by molar-refractivity contribution is 0.0733. The molecule has 8 nitrogen and oxygen atoms in total. The van der Waals surface area contributed by atoms with Crippen molar-refractivity contribution >= 4 is 17.9 Å². The van der Waals surface area contributed by atoms with Gasteiger partial charge in [-0.3, -0.25) is 14.7 Å². The molecule has 2 fully saturated rings. The van der Waals surface area contributed by atoms with Gasteiger partial charge in [0, 0.05) is 62.8 Å². The summed E-state index contributed by atoms with van der Waals surface area (Å²) >= 11 is 0. The highest BCUT2D eigenvalue weighted by molar-refractivity contribution is 5.94. The van der Waals surface area contributed by atoms with Gasteiger partial charge in [-0.05, 0) is 25.0 Å². The summed E-state index contributed by atoms with van der Waals surface area (Å²) in [5.74, 6) is 0.455. The molecule has 0 unspecified atom stereocenters. The van der Waals surface area contributed by atoms with Crippen molar-refractivity contribution in [1.29, 1.82) is 0 Å². The van der Waals surface area contributed by atoms with Gasteiger partial charge in [0.25, 0.3) is 5.91 Å². The predicted molar refractivity (Wildman–Crippen MR) is 106 cm³/mol. The number of nitrogens with zero attached hydrogens (tertiary/aromatic N) is 6. The first-order valence-electron chi connectivity index (χ1n) is 10.3. The van der Waals surface area contributed by atoms with E-state index < -0.39 is 0 Å². The highest BCUT2D eigenvalue weighted by Crippen LogP contribution is 2.28. The Balaban J connectivity index is 1.30. The van der Waals surface area contributed by atoms with Gasteiger partial charge in [0.05, 0.1) is 11.3 Å². The number of urea groups is 1. The van der Waals surface area contributed by atoms with Crippen LogP contribution in [0.4, 0.5) is 10.7 Å². The van der Waals surface area contributed by atoms with Gasteiger partial charge in [0.1, 0.15) is 0 Å². The summed E-state index contributed by atoms with van der Waals surface area (Å²) in [6.07, 6.45) is 10.3. The number of hydrogen-bond acceptors (Lipinski definition) is 5. The monoisotopic (exact) mass is 392 g/mol. The van der Waals surface area contributed by atoms with E-state index in [0.717, 1.165) is 30.6 Å². The molecule has 0 spiro atoms. The minimum absolute atomic E-state index is 0.0287. The zero-order valence-electron chi connectivity index (χ0n) is 16.3. The number of aromatic nitrogens is 3. The minimum Gasteiger partial charge on any atom is -0.334 e. The minimum atomic E-state index is -0.0326. The first kappa shape index (κ1) is 18.0. The number of hydrogen-bond donors (Lipinski definition) is 0. The quantitative estimate of drug-likeness (QED) is 0.800. The van der Waals surface area contributed by atoms with E-state index in [1.54, 1.807) is 40.5 Å². The van der Waals surface area contributed by atoms with Crippen LogP contribution in [0.15, 0.2) is 30.7 Å². The van der Waals surface area contributed by atoms with E-state index in [0.29, 0.717) is 43.6 Å². The maximum Gasteiger partial charge on any atom is 0.327 e. The Hall–Kier alpha value is -3.03. The summed E-state index contributed by atoms with van der Waals surface area (Å²) in [5, 5.41) is 0. The van der Waals surface area contributed by atoms with Crippen LogP contribution >= 0.6 is 0 Å². The second-order valence-electron chi connectivity index (χ2n) is 7.93. The fourth-order valence-corrected chi connectivity index (χ4v) is 4.58. The van der Waals surface area contributed by atoms with Gasteiger partial charge in [0.15, 0.2) is 0 Å². The van der Waals surface area contributed by atoms with Crippen LogP contribution in [0.5, 0.6) is 0 Å². The number of anilines is 1. The van der Waals surface area contributed by atoms with Crippen molar-refractivity contribution < 1.29 is 9.59 Å². The second kappa shape index (κ2) is 7.42. The fourth-order valence-electron chi connectivity index (χ4n) is 4.58. The van der Waals surface area contributed by atoms with Gasteiger partial charge in [0.2, 0.25) is 5.95 Å². The molecule has 0 N–H and O–H groups in total. The lowest BCUT2D eigenvalue weighted by Crippen LogP contribution is -2.39. The van der Waals surface area contributed by atoms with E-state index in [2.05, 4.69) is 9.97 Å². The molecule has 0 bridgehead atoms. The SMILES string of the molecule is O=C(c1cccnc1)N1CCc2nc(N3CCN(C4CCCC4)C3=O)ncc2C1. The Morgan fingerprint density at radius 3 is 2.76 bits per heavy atom. The van der Waals surface area contributed by atoms with Crippen molar-refractivity contribution in [2.75, 3.05) is 24.5 Å². The van der Waals surface area contributed by atoms with Crippen LogP contribution in [0.25, 0.3) is 0 Å². The molecule has 150 valence electrons. The van der Waals surface area contributed by atoms with E-state index in [9.17, 15) is 9.59 Å². The van der Waals surface area contributed by atoms with Gasteiger partial charge in [-0.15, -0.1) is 0 Å². The Kier molecular flexibility index (Phi) is 4.61. The Labute approximate surface area is 169 Å². The summed E-state index contributed by atoms with van der Waals surface area (Å²) in [6.45, 7) is 2.46. The normalized spacial score (nSPS) is 19.7. The second-order valence-corrected chi connectivity index (χ2v) is 7.93. The number of fused-ring (bicyclic) bond motifs is 1. The van der Waals surface area contributed by atoms with Crippen LogP contribution in [-0.4, -0.2) is 62.4 Å². The van der Waals surface area contributed by atoms with Crippen LogP contribution in [0.2, 0.25) is 0 Å². The number of pyridine rings is 1. The molecule has 1 saturated heterocycles. The first-order valence-corrected chi connectivity index (χ1v) is 10.3. The maximum absolute atomic E-state index is 12.9. The maximum atomic E-state index is 12.9. The summed E-state index contributed by atoms with van der Waals surface area (Å²) in [4.78, 5) is 44.2. The fraction of sp³-hybridized carbons (Fsp3) is 0.476. The number of carbonyl (C=O) groups is 2. The van der Waals surface area contributed by atoms with Gasteiger partial charge in [-0.25, -0.2) is 14.8 Å². The molecular weight excluding hydrogens is 368 g/mol. The average molecular weight is 392 g/mol. The van der Waals surface area contributed by atoms with Crippen LogP contribution in [0.3, 0.4) is 0 Å². The molecule has 3 aliphatic rings. The highest BCUT2D eigenvalue weighted by atomic mass is 16.2. The summed E-state index contributed by atoms with van der Waals surface area (Å²) in [5.41, 5.74) is 2.46. The molecule has 0 aromatic carbocycles.